The SMILES string of the molecule is Cc1ccc(S(=O)(=O)Nc2c(C)c(C)c([O-])c(-[n+]3ccccc3)c2O)cc1. The van der Waals surface area contributed by atoms with Crippen LogP contribution in [0, 0.1) is 20.8 Å². The Labute approximate surface area is 158 Å². The van der Waals surface area contributed by atoms with Crippen LogP contribution in [0.15, 0.2) is 59.8 Å². The lowest BCUT2D eigenvalue weighted by Gasteiger charge is -2.21. The molecule has 3 rings (SSSR count). The molecule has 7 heteroatoms. The standard InChI is InChI=1S/C20H20N2O4S/c1-13-7-9-16(10-8-13)27(25,26)21-17-14(2)15(3)19(23)18(20(17)24)22-11-5-4-6-12-22/h4-12,21H,1-3H3,(H-,23,24). The summed E-state index contributed by atoms with van der Waals surface area (Å²) in [6.45, 7) is 5.07. The lowest BCUT2D eigenvalue weighted by molar-refractivity contribution is -0.600. The van der Waals surface area contributed by atoms with Crippen LogP contribution in [0.1, 0.15) is 16.7 Å². The van der Waals surface area contributed by atoms with Gasteiger partial charge in [0.2, 0.25) is 11.4 Å². The van der Waals surface area contributed by atoms with Crippen LogP contribution in [-0.4, -0.2) is 13.5 Å². The van der Waals surface area contributed by atoms with Crippen LogP contribution in [0.3, 0.4) is 0 Å². The molecule has 0 unspecified atom stereocenters. The Morgan fingerprint density at radius 3 is 2.15 bits per heavy atom. The van der Waals surface area contributed by atoms with E-state index in [0.29, 0.717) is 11.1 Å². The first-order valence-electron chi connectivity index (χ1n) is 8.31. The Bertz CT molecular complexity index is 1090. The molecule has 3 aromatic rings. The van der Waals surface area contributed by atoms with Gasteiger partial charge in [-0.15, -0.1) is 0 Å². The number of benzene rings is 2. The molecule has 0 fully saturated rings. The minimum atomic E-state index is -3.92. The summed E-state index contributed by atoms with van der Waals surface area (Å²) in [5, 5.41) is 23.4. The van der Waals surface area contributed by atoms with Gasteiger partial charge in [0.05, 0.1) is 4.90 Å². The van der Waals surface area contributed by atoms with E-state index in [0.717, 1.165) is 5.56 Å². The summed E-state index contributed by atoms with van der Waals surface area (Å²) < 4.78 is 29.4. The molecule has 0 aliphatic rings. The minimum absolute atomic E-state index is 0.000283. The van der Waals surface area contributed by atoms with Gasteiger partial charge in [-0.2, -0.15) is 4.57 Å². The van der Waals surface area contributed by atoms with Crippen LogP contribution in [0.4, 0.5) is 5.69 Å². The number of aromatic nitrogens is 1. The Morgan fingerprint density at radius 2 is 1.56 bits per heavy atom. The number of hydrogen-bond donors (Lipinski definition) is 2. The number of rotatable bonds is 4. The van der Waals surface area contributed by atoms with Gasteiger partial charge < -0.3 is 10.2 Å². The number of sulfonamides is 1. The number of phenols is 1. The van der Waals surface area contributed by atoms with Gasteiger partial charge in [-0.05, 0) is 49.8 Å². The quantitative estimate of drug-likeness (QED) is 0.534. The van der Waals surface area contributed by atoms with Crippen molar-refractivity contribution in [3.8, 4) is 17.2 Å². The molecule has 27 heavy (non-hydrogen) atoms. The third-order valence-corrected chi connectivity index (χ3v) is 5.86. The molecule has 2 N–H and O–H groups in total. The van der Waals surface area contributed by atoms with Crippen LogP contribution in [0.2, 0.25) is 0 Å². The summed E-state index contributed by atoms with van der Waals surface area (Å²) >= 11 is 0. The van der Waals surface area contributed by atoms with E-state index in [1.54, 1.807) is 56.6 Å². The van der Waals surface area contributed by atoms with Gasteiger partial charge in [0.1, 0.15) is 5.69 Å². The average Bonchev–Trinajstić information content (AvgIpc) is 2.65. The summed E-state index contributed by atoms with van der Waals surface area (Å²) in [4.78, 5) is 0.0738. The number of aryl methyl sites for hydroxylation is 1. The van der Waals surface area contributed by atoms with E-state index in [2.05, 4.69) is 4.72 Å². The number of phenolic OH excluding ortho intramolecular Hbond substituents is 1. The molecule has 1 aromatic heterocycles. The van der Waals surface area contributed by atoms with Crippen molar-refractivity contribution >= 4 is 15.7 Å². The number of nitrogens with zero attached hydrogens (tertiary/aromatic N) is 1. The molecule has 0 radical (unpaired) electrons. The van der Waals surface area contributed by atoms with Gasteiger partial charge in [-0.3, -0.25) is 4.72 Å². The second kappa shape index (κ2) is 6.92. The number of nitrogens with one attached hydrogen (secondary N) is 1. The summed E-state index contributed by atoms with van der Waals surface area (Å²) in [5.41, 5.74) is 1.68. The van der Waals surface area contributed by atoms with Gasteiger partial charge in [0, 0.05) is 12.1 Å². The molecule has 0 aliphatic heterocycles. The van der Waals surface area contributed by atoms with Crippen LogP contribution in [0.25, 0.3) is 5.69 Å². The van der Waals surface area contributed by atoms with E-state index in [1.165, 1.54) is 16.7 Å². The highest BCUT2D eigenvalue weighted by Gasteiger charge is 2.25. The average molecular weight is 384 g/mol. The predicted molar refractivity (Wildman–Crippen MR) is 101 cm³/mol. The van der Waals surface area contributed by atoms with Gasteiger partial charge in [-0.1, -0.05) is 23.8 Å². The van der Waals surface area contributed by atoms with Crippen molar-refractivity contribution in [2.75, 3.05) is 4.72 Å². The fourth-order valence-electron chi connectivity index (χ4n) is 2.76. The molecule has 0 bridgehead atoms. The van der Waals surface area contributed by atoms with E-state index < -0.39 is 15.8 Å². The van der Waals surface area contributed by atoms with Crippen molar-refractivity contribution in [1.29, 1.82) is 0 Å². The predicted octanol–water partition coefficient (Wildman–Crippen LogP) is 2.47. The van der Waals surface area contributed by atoms with Crippen LogP contribution in [-0.2, 0) is 10.0 Å². The monoisotopic (exact) mass is 384 g/mol. The molecule has 2 aromatic carbocycles. The van der Waals surface area contributed by atoms with E-state index in [9.17, 15) is 18.6 Å². The molecule has 0 amide bonds. The highest BCUT2D eigenvalue weighted by molar-refractivity contribution is 7.92. The number of anilines is 1. The topological polar surface area (TPSA) is 93.3 Å². The third kappa shape index (κ3) is 3.46. The first-order valence-corrected chi connectivity index (χ1v) is 9.80. The Morgan fingerprint density at radius 1 is 0.963 bits per heavy atom. The second-order valence-corrected chi connectivity index (χ2v) is 8.04. The molecule has 1 heterocycles. The van der Waals surface area contributed by atoms with Crippen molar-refractivity contribution < 1.29 is 23.2 Å². The first kappa shape index (κ1) is 18.7. The van der Waals surface area contributed by atoms with Gasteiger partial charge >= 0.3 is 0 Å². The minimum Gasteiger partial charge on any atom is -0.868 e. The maximum absolute atomic E-state index is 12.8. The third-order valence-electron chi connectivity index (χ3n) is 4.50. The Hall–Kier alpha value is -3.06. The fraction of sp³-hybridized carbons (Fsp3) is 0.150. The van der Waals surface area contributed by atoms with Gasteiger partial charge in [-0.25, -0.2) is 8.42 Å². The molecule has 0 atom stereocenters. The lowest BCUT2D eigenvalue weighted by atomic mass is 10.0. The highest BCUT2D eigenvalue weighted by Crippen LogP contribution is 2.40. The molecular formula is C20H20N2O4S. The molecule has 140 valence electrons. The van der Waals surface area contributed by atoms with E-state index in [1.807, 2.05) is 6.92 Å². The highest BCUT2D eigenvalue weighted by atomic mass is 32.2. The summed E-state index contributed by atoms with van der Waals surface area (Å²) in [6.07, 6.45) is 3.23. The molecule has 0 saturated carbocycles. The smallest absolute Gasteiger partial charge is 0.262 e. The Balaban J connectivity index is 2.16. The summed E-state index contributed by atoms with van der Waals surface area (Å²) in [5.74, 6) is -0.769. The maximum Gasteiger partial charge on any atom is 0.262 e. The molecule has 0 saturated heterocycles. The molecule has 6 nitrogen and oxygen atoms in total. The van der Waals surface area contributed by atoms with Crippen LogP contribution in [0.5, 0.6) is 11.5 Å². The summed E-state index contributed by atoms with van der Waals surface area (Å²) in [6, 6.07) is 11.6. The van der Waals surface area contributed by atoms with Crippen molar-refractivity contribution in [2.45, 2.75) is 25.7 Å². The second-order valence-electron chi connectivity index (χ2n) is 6.35. The van der Waals surface area contributed by atoms with Crippen molar-refractivity contribution in [3.63, 3.8) is 0 Å². The zero-order valence-corrected chi connectivity index (χ0v) is 16.0. The van der Waals surface area contributed by atoms with Gasteiger partial charge in [0.15, 0.2) is 12.4 Å². The maximum atomic E-state index is 12.8. The van der Waals surface area contributed by atoms with Crippen LogP contribution < -0.4 is 14.4 Å². The normalized spacial score (nSPS) is 11.4. The molecule has 0 aliphatic carbocycles. The van der Waals surface area contributed by atoms with Gasteiger partial charge in [0.25, 0.3) is 10.0 Å². The number of aromatic hydroxyl groups is 1. The number of pyridine rings is 1. The van der Waals surface area contributed by atoms with E-state index in [-0.39, 0.29) is 22.0 Å². The first-order chi connectivity index (χ1) is 12.7. The van der Waals surface area contributed by atoms with Crippen molar-refractivity contribution in [1.82, 2.24) is 0 Å². The van der Waals surface area contributed by atoms with E-state index in [4.69, 9.17) is 0 Å². The zero-order valence-electron chi connectivity index (χ0n) is 15.2. The fourth-order valence-corrected chi connectivity index (χ4v) is 3.89. The molecular weight excluding hydrogens is 364 g/mol. The van der Waals surface area contributed by atoms with Crippen molar-refractivity contribution in [3.05, 3.63) is 71.5 Å². The Kier molecular flexibility index (Phi) is 4.80. The van der Waals surface area contributed by atoms with Crippen LogP contribution >= 0.6 is 0 Å². The van der Waals surface area contributed by atoms with E-state index >= 15 is 0 Å². The zero-order chi connectivity index (χ0) is 19.8. The lowest BCUT2D eigenvalue weighted by Crippen LogP contribution is -2.31. The summed E-state index contributed by atoms with van der Waals surface area (Å²) in [7, 11) is -3.92. The largest absolute Gasteiger partial charge is 0.868 e. The number of hydrogen-bond acceptors (Lipinski definition) is 4. The van der Waals surface area contributed by atoms with Crippen molar-refractivity contribution in [2.24, 2.45) is 0 Å². The molecule has 0 spiro atoms.